The van der Waals surface area contributed by atoms with Crippen LogP contribution in [0.4, 0.5) is 6.01 Å². The van der Waals surface area contributed by atoms with Crippen molar-refractivity contribution >= 4 is 17.6 Å². The highest BCUT2D eigenvalue weighted by atomic mass is 35.5. The Morgan fingerprint density at radius 2 is 2.30 bits per heavy atom. The van der Waals surface area contributed by atoms with Crippen LogP contribution in [0.1, 0.15) is 24.6 Å². The number of H-pyrrole nitrogens is 1. The maximum absolute atomic E-state index is 6.02. The summed E-state index contributed by atoms with van der Waals surface area (Å²) < 4.78 is 5.46. The van der Waals surface area contributed by atoms with Gasteiger partial charge in [0, 0.05) is 42.0 Å². The van der Waals surface area contributed by atoms with Crippen LogP contribution in [0.5, 0.6) is 0 Å². The van der Waals surface area contributed by atoms with E-state index >= 15 is 0 Å². The lowest BCUT2D eigenvalue weighted by atomic mass is 9.98. The molecule has 0 amide bonds. The molecule has 1 fully saturated rings. The minimum atomic E-state index is 0.361. The lowest BCUT2D eigenvalue weighted by Crippen LogP contribution is -2.35. The Morgan fingerprint density at radius 3 is 3.13 bits per heavy atom. The zero-order valence-corrected chi connectivity index (χ0v) is 13.2. The van der Waals surface area contributed by atoms with E-state index in [0.29, 0.717) is 22.8 Å². The highest BCUT2D eigenvalue weighted by Crippen LogP contribution is 2.29. The fourth-order valence-corrected chi connectivity index (χ4v) is 3.15. The van der Waals surface area contributed by atoms with Crippen LogP contribution in [0.3, 0.4) is 0 Å². The number of hydrogen-bond donors (Lipinski definition) is 1. The molecule has 0 aliphatic carbocycles. The van der Waals surface area contributed by atoms with Crippen LogP contribution in [0.15, 0.2) is 41.2 Å². The Bertz CT molecular complexity index is 785. The van der Waals surface area contributed by atoms with Crippen molar-refractivity contribution in [2.45, 2.75) is 18.8 Å². The van der Waals surface area contributed by atoms with Crippen molar-refractivity contribution in [1.29, 1.82) is 0 Å². The molecule has 1 aliphatic heterocycles. The van der Waals surface area contributed by atoms with Crippen LogP contribution in [-0.4, -0.2) is 33.2 Å². The number of aromatic amines is 1. The Labute approximate surface area is 138 Å². The second-order valence-electron chi connectivity index (χ2n) is 5.67. The average Bonchev–Trinajstić information content (AvgIpc) is 3.27. The fourth-order valence-electron chi connectivity index (χ4n) is 2.96. The van der Waals surface area contributed by atoms with Crippen LogP contribution in [0.25, 0.3) is 11.4 Å². The van der Waals surface area contributed by atoms with E-state index in [1.165, 1.54) is 0 Å². The van der Waals surface area contributed by atoms with Crippen molar-refractivity contribution in [3.8, 4) is 11.4 Å². The van der Waals surface area contributed by atoms with Gasteiger partial charge >= 0.3 is 6.01 Å². The van der Waals surface area contributed by atoms with Gasteiger partial charge in [-0.15, -0.1) is 0 Å². The monoisotopic (exact) mass is 329 g/mol. The molecule has 0 saturated carbocycles. The molecule has 0 spiro atoms. The molecule has 6 nitrogen and oxygen atoms in total. The smallest absolute Gasteiger partial charge is 0.324 e. The zero-order valence-electron chi connectivity index (χ0n) is 12.4. The van der Waals surface area contributed by atoms with Gasteiger partial charge in [-0.3, -0.25) is 0 Å². The molecule has 0 radical (unpaired) electrons. The Morgan fingerprint density at radius 1 is 1.35 bits per heavy atom. The summed E-state index contributed by atoms with van der Waals surface area (Å²) in [4.78, 5) is 14.2. The number of hydrogen-bond acceptors (Lipinski definition) is 5. The van der Waals surface area contributed by atoms with E-state index in [0.717, 1.165) is 37.3 Å². The van der Waals surface area contributed by atoms with Gasteiger partial charge in [-0.25, -0.2) is 4.98 Å². The van der Waals surface area contributed by atoms with Crippen LogP contribution in [0.2, 0.25) is 5.02 Å². The summed E-state index contributed by atoms with van der Waals surface area (Å²) in [6.07, 6.45) is 5.83. The Hall–Kier alpha value is -2.34. The molecular formula is C16H16ClN5O. The van der Waals surface area contributed by atoms with E-state index in [-0.39, 0.29) is 0 Å². The molecule has 1 unspecified atom stereocenters. The SMILES string of the molecule is Clc1cccc(-c2noc(N3CCCC(c4ncc[nH]4)C3)n2)c1. The van der Waals surface area contributed by atoms with E-state index in [1.54, 1.807) is 6.20 Å². The first-order chi connectivity index (χ1) is 11.3. The fraction of sp³-hybridized carbons (Fsp3) is 0.312. The van der Waals surface area contributed by atoms with Gasteiger partial charge in [0.25, 0.3) is 0 Å². The minimum Gasteiger partial charge on any atom is -0.348 e. The summed E-state index contributed by atoms with van der Waals surface area (Å²) in [7, 11) is 0. The summed E-state index contributed by atoms with van der Waals surface area (Å²) in [5.41, 5.74) is 0.854. The van der Waals surface area contributed by atoms with Crippen LogP contribution >= 0.6 is 11.6 Å². The second-order valence-corrected chi connectivity index (χ2v) is 6.11. The first-order valence-electron chi connectivity index (χ1n) is 7.63. The summed E-state index contributed by atoms with van der Waals surface area (Å²) in [6.45, 7) is 1.74. The molecule has 1 aromatic carbocycles. The van der Waals surface area contributed by atoms with Gasteiger partial charge in [-0.1, -0.05) is 28.9 Å². The first kappa shape index (κ1) is 14.3. The third kappa shape index (κ3) is 2.94. The maximum Gasteiger partial charge on any atom is 0.324 e. The summed E-state index contributed by atoms with van der Waals surface area (Å²) in [6, 6.07) is 8.00. The van der Waals surface area contributed by atoms with Crippen LogP contribution in [-0.2, 0) is 0 Å². The lowest BCUT2D eigenvalue weighted by Gasteiger charge is -2.30. The second kappa shape index (κ2) is 6.04. The van der Waals surface area contributed by atoms with Gasteiger partial charge < -0.3 is 14.4 Å². The zero-order chi connectivity index (χ0) is 15.6. The van der Waals surface area contributed by atoms with E-state index < -0.39 is 0 Å². The predicted octanol–water partition coefficient (Wildman–Crippen LogP) is 3.50. The number of rotatable bonds is 3. The minimum absolute atomic E-state index is 0.361. The molecule has 3 heterocycles. The predicted molar refractivity (Wildman–Crippen MR) is 87.5 cm³/mol. The number of anilines is 1. The molecule has 7 heteroatoms. The van der Waals surface area contributed by atoms with Gasteiger partial charge in [-0.05, 0) is 25.0 Å². The molecule has 1 aliphatic rings. The van der Waals surface area contributed by atoms with Gasteiger partial charge in [0.15, 0.2) is 0 Å². The Kier molecular flexibility index (Phi) is 3.75. The molecule has 3 aromatic rings. The van der Waals surface area contributed by atoms with Gasteiger partial charge in [0.1, 0.15) is 5.82 Å². The van der Waals surface area contributed by atoms with Gasteiger partial charge in [0.05, 0.1) is 0 Å². The van der Waals surface area contributed by atoms with Crippen molar-refractivity contribution in [1.82, 2.24) is 20.1 Å². The summed E-state index contributed by atoms with van der Waals surface area (Å²) in [5.74, 6) is 1.94. The van der Waals surface area contributed by atoms with E-state index in [4.69, 9.17) is 16.1 Å². The first-order valence-corrected chi connectivity index (χ1v) is 8.01. The summed E-state index contributed by atoms with van der Waals surface area (Å²) in [5, 5.41) is 4.74. The van der Waals surface area contributed by atoms with E-state index in [1.807, 2.05) is 30.5 Å². The van der Waals surface area contributed by atoms with Crippen molar-refractivity contribution in [2.24, 2.45) is 0 Å². The maximum atomic E-state index is 6.02. The lowest BCUT2D eigenvalue weighted by molar-refractivity contribution is 0.391. The average molecular weight is 330 g/mol. The van der Waals surface area contributed by atoms with Gasteiger partial charge in [0.2, 0.25) is 5.82 Å². The number of piperidine rings is 1. The number of nitrogens with one attached hydrogen (secondary N) is 1. The molecule has 1 saturated heterocycles. The largest absolute Gasteiger partial charge is 0.348 e. The molecule has 1 N–H and O–H groups in total. The molecule has 118 valence electrons. The number of benzene rings is 1. The number of nitrogens with zero attached hydrogens (tertiary/aromatic N) is 4. The highest BCUT2D eigenvalue weighted by molar-refractivity contribution is 6.30. The van der Waals surface area contributed by atoms with Crippen molar-refractivity contribution in [3.63, 3.8) is 0 Å². The molecule has 2 aromatic heterocycles. The summed E-state index contributed by atoms with van der Waals surface area (Å²) >= 11 is 6.02. The number of halogens is 1. The highest BCUT2D eigenvalue weighted by Gasteiger charge is 2.26. The Balaban J connectivity index is 1.54. The topological polar surface area (TPSA) is 70.8 Å². The molecule has 0 bridgehead atoms. The number of imidazole rings is 1. The third-order valence-electron chi connectivity index (χ3n) is 4.10. The van der Waals surface area contributed by atoms with Crippen LogP contribution in [0, 0.1) is 0 Å². The van der Waals surface area contributed by atoms with Crippen LogP contribution < -0.4 is 4.90 Å². The quantitative estimate of drug-likeness (QED) is 0.796. The molecule has 1 atom stereocenters. The standard InChI is InChI=1S/C16H16ClN5O/c17-13-5-1-3-11(9-13)15-20-16(23-21-15)22-8-2-4-12(10-22)14-18-6-7-19-14/h1,3,5-7,9,12H,2,4,8,10H2,(H,18,19). The molecule has 23 heavy (non-hydrogen) atoms. The van der Waals surface area contributed by atoms with E-state index in [9.17, 15) is 0 Å². The molecular weight excluding hydrogens is 314 g/mol. The normalized spacial score (nSPS) is 18.3. The third-order valence-corrected chi connectivity index (χ3v) is 4.33. The van der Waals surface area contributed by atoms with Crippen molar-refractivity contribution in [2.75, 3.05) is 18.0 Å². The van der Waals surface area contributed by atoms with E-state index in [2.05, 4.69) is 25.0 Å². The van der Waals surface area contributed by atoms with Gasteiger partial charge in [-0.2, -0.15) is 4.98 Å². The van der Waals surface area contributed by atoms with Crippen molar-refractivity contribution < 1.29 is 4.52 Å². The number of aromatic nitrogens is 4. The molecule has 4 rings (SSSR count). The van der Waals surface area contributed by atoms with Crippen molar-refractivity contribution in [3.05, 3.63) is 47.5 Å².